The van der Waals surface area contributed by atoms with E-state index in [0.29, 0.717) is 18.5 Å². The number of carbonyl (C=O) groups is 1. The van der Waals surface area contributed by atoms with Gasteiger partial charge in [-0.2, -0.15) is 0 Å². The molecule has 3 nitrogen and oxygen atoms in total. The minimum atomic E-state index is -1.63. The summed E-state index contributed by atoms with van der Waals surface area (Å²) < 4.78 is 52.6. The second-order valence-corrected chi connectivity index (χ2v) is 5.11. The monoisotopic (exact) mass is 340 g/mol. The number of hydrogen-bond acceptors (Lipinski definition) is 2. The molecule has 0 aliphatic carbocycles. The predicted molar refractivity (Wildman–Crippen MR) is 82.5 cm³/mol. The fourth-order valence-corrected chi connectivity index (χ4v) is 2.09. The molecule has 2 N–H and O–H groups in total. The summed E-state index contributed by atoms with van der Waals surface area (Å²) in [5.74, 6) is -5.21. The first-order valence-electron chi connectivity index (χ1n) is 7.36. The first-order chi connectivity index (χ1) is 11.5. The first kappa shape index (κ1) is 17.9. The maximum absolute atomic E-state index is 13.4. The molecule has 2 aromatic carbocycles. The van der Waals surface area contributed by atoms with Crippen molar-refractivity contribution >= 4 is 11.6 Å². The number of benzene rings is 2. The molecule has 0 fully saturated rings. The summed E-state index contributed by atoms with van der Waals surface area (Å²) in [6, 6.07) is 8.09. The van der Waals surface area contributed by atoms with Crippen LogP contribution < -0.4 is 10.6 Å². The van der Waals surface area contributed by atoms with E-state index in [2.05, 4.69) is 10.6 Å². The molecule has 0 heterocycles. The second-order valence-electron chi connectivity index (χ2n) is 5.11. The molecule has 0 atom stereocenters. The number of nitrogens with one attached hydrogen (secondary N) is 2. The largest absolute Gasteiger partial charge is 0.323 e. The van der Waals surface area contributed by atoms with Gasteiger partial charge in [0.1, 0.15) is 5.82 Å². The zero-order valence-corrected chi connectivity index (χ0v) is 12.7. The van der Waals surface area contributed by atoms with Crippen molar-refractivity contribution in [2.24, 2.45) is 0 Å². The van der Waals surface area contributed by atoms with Gasteiger partial charge in [-0.3, -0.25) is 4.79 Å². The molecule has 0 radical (unpaired) electrons. The molecule has 2 rings (SSSR count). The molecule has 0 saturated heterocycles. The van der Waals surface area contributed by atoms with Gasteiger partial charge in [-0.25, -0.2) is 17.6 Å². The third-order valence-electron chi connectivity index (χ3n) is 3.37. The fourth-order valence-electron chi connectivity index (χ4n) is 2.09. The van der Waals surface area contributed by atoms with Crippen molar-refractivity contribution in [1.82, 2.24) is 5.32 Å². The third kappa shape index (κ3) is 4.79. The van der Waals surface area contributed by atoms with E-state index in [4.69, 9.17) is 0 Å². The van der Waals surface area contributed by atoms with E-state index in [1.54, 1.807) is 18.2 Å². The predicted octanol–water partition coefficient (Wildman–Crippen LogP) is 3.40. The van der Waals surface area contributed by atoms with E-state index in [1.807, 2.05) is 0 Å². The van der Waals surface area contributed by atoms with Gasteiger partial charge >= 0.3 is 0 Å². The van der Waals surface area contributed by atoms with Crippen molar-refractivity contribution in [3.8, 4) is 0 Å². The second kappa shape index (κ2) is 8.44. The van der Waals surface area contributed by atoms with Crippen LogP contribution in [0, 0.1) is 23.3 Å². The van der Waals surface area contributed by atoms with Crippen LogP contribution in [0.15, 0.2) is 36.4 Å². The standard InChI is InChI=1S/C17H16F4N2O/c18-12-4-2-1-3-11(12)7-9-22-10-8-15(24)23-14-6-5-13(19)16(20)17(14)21/h1-6,22H,7-10H2,(H,23,24). The van der Waals surface area contributed by atoms with Crippen LogP contribution in [0.2, 0.25) is 0 Å². The van der Waals surface area contributed by atoms with E-state index in [0.717, 1.165) is 12.1 Å². The Balaban J connectivity index is 1.72. The summed E-state index contributed by atoms with van der Waals surface area (Å²) in [6.45, 7) is 0.749. The zero-order chi connectivity index (χ0) is 17.5. The van der Waals surface area contributed by atoms with E-state index in [-0.39, 0.29) is 18.8 Å². The molecule has 7 heteroatoms. The molecule has 24 heavy (non-hydrogen) atoms. The summed E-state index contributed by atoms with van der Waals surface area (Å²) in [4.78, 5) is 11.7. The topological polar surface area (TPSA) is 41.1 Å². The molecule has 0 spiro atoms. The van der Waals surface area contributed by atoms with Crippen molar-refractivity contribution in [2.75, 3.05) is 18.4 Å². The Morgan fingerprint density at radius 2 is 1.62 bits per heavy atom. The van der Waals surface area contributed by atoms with Crippen LogP contribution in [-0.4, -0.2) is 19.0 Å². The Bertz CT molecular complexity index is 722. The number of carbonyl (C=O) groups excluding carboxylic acids is 1. The van der Waals surface area contributed by atoms with Gasteiger partial charge in [0.05, 0.1) is 5.69 Å². The molecule has 2 aromatic rings. The van der Waals surface area contributed by atoms with Gasteiger partial charge < -0.3 is 10.6 Å². The summed E-state index contributed by atoms with van der Waals surface area (Å²) >= 11 is 0. The number of rotatable bonds is 7. The smallest absolute Gasteiger partial charge is 0.225 e. The Labute approximate surface area is 136 Å². The Morgan fingerprint density at radius 3 is 2.38 bits per heavy atom. The van der Waals surface area contributed by atoms with Gasteiger partial charge in [0.15, 0.2) is 17.5 Å². The van der Waals surface area contributed by atoms with Crippen molar-refractivity contribution < 1.29 is 22.4 Å². The van der Waals surface area contributed by atoms with Crippen LogP contribution in [0.1, 0.15) is 12.0 Å². The maximum atomic E-state index is 13.4. The molecular formula is C17H16F4N2O. The summed E-state index contributed by atoms with van der Waals surface area (Å²) in [6.07, 6.45) is 0.474. The fraction of sp³-hybridized carbons (Fsp3) is 0.235. The average Bonchev–Trinajstić information content (AvgIpc) is 2.57. The minimum absolute atomic E-state index is 0.00963. The normalized spacial score (nSPS) is 10.7. The van der Waals surface area contributed by atoms with Gasteiger partial charge in [0.25, 0.3) is 0 Å². The maximum Gasteiger partial charge on any atom is 0.225 e. The number of anilines is 1. The third-order valence-corrected chi connectivity index (χ3v) is 3.37. The molecule has 0 aliphatic rings. The summed E-state index contributed by atoms with van der Waals surface area (Å²) in [5.41, 5.74) is 0.156. The van der Waals surface area contributed by atoms with Crippen LogP contribution in [0.25, 0.3) is 0 Å². The molecule has 0 aromatic heterocycles. The zero-order valence-electron chi connectivity index (χ0n) is 12.7. The highest BCUT2D eigenvalue weighted by atomic mass is 19.2. The lowest BCUT2D eigenvalue weighted by Gasteiger charge is -2.08. The number of halogens is 4. The lowest BCUT2D eigenvalue weighted by atomic mass is 10.1. The van der Waals surface area contributed by atoms with Crippen molar-refractivity contribution in [3.63, 3.8) is 0 Å². The summed E-state index contributed by atoms with van der Waals surface area (Å²) in [5, 5.41) is 5.13. The lowest BCUT2D eigenvalue weighted by Crippen LogP contribution is -2.24. The quantitative estimate of drug-likeness (QED) is 0.461. The first-order valence-corrected chi connectivity index (χ1v) is 7.36. The number of hydrogen-bond donors (Lipinski definition) is 2. The molecule has 0 saturated carbocycles. The highest BCUT2D eigenvalue weighted by molar-refractivity contribution is 5.90. The van der Waals surface area contributed by atoms with Crippen LogP contribution in [-0.2, 0) is 11.2 Å². The van der Waals surface area contributed by atoms with Crippen LogP contribution >= 0.6 is 0 Å². The molecule has 0 aliphatic heterocycles. The van der Waals surface area contributed by atoms with E-state index < -0.39 is 29.0 Å². The molecular weight excluding hydrogens is 324 g/mol. The summed E-state index contributed by atoms with van der Waals surface area (Å²) in [7, 11) is 0. The van der Waals surface area contributed by atoms with Gasteiger partial charge in [-0.1, -0.05) is 18.2 Å². The Kier molecular flexibility index (Phi) is 6.31. The van der Waals surface area contributed by atoms with Gasteiger partial charge in [-0.15, -0.1) is 0 Å². The lowest BCUT2D eigenvalue weighted by molar-refractivity contribution is -0.116. The van der Waals surface area contributed by atoms with Crippen LogP contribution in [0.4, 0.5) is 23.2 Å². The Morgan fingerprint density at radius 1 is 0.875 bits per heavy atom. The Hall–Kier alpha value is -2.41. The molecule has 0 unspecified atom stereocenters. The van der Waals surface area contributed by atoms with Crippen LogP contribution in [0.5, 0.6) is 0 Å². The van der Waals surface area contributed by atoms with Crippen LogP contribution in [0.3, 0.4) is 0 Å². The van der Waals surface area contributed by atoms with Crippen molar-refractivity contribution in [3.05, 3.63) is 65.2 Å². The highest BCUT2D eigenvalue weighted by Crippen LogP contribution is 2.19. The van der Waals surface area contributed by atoms with Gasteiger partial charge in [0.2, 0.25) is 5.91 Å². The molecule has 128 valence electrons. The van der Waals surface area contributed by atoms with Gasteiger partial charge in [-0.05, 0) is 36.7 Å². The van der Waals surface area contributed by atoms with Crippen molar-refractivity contribution in [2.45, 2.75) is 12.8 Å². The van der Waals surface area contributed by atoms with E-state index in [9.17, 15) is 22.4 Å². The average molecular weight is 340 g/mol. The minimum Gasteiger partial charge on any atom is -0.323 e. The van der Waals surface area contributed by atoms with Gasteiger partial charge in [0, 0.05) is 13.0 Å². The van der Waals surface area contributed by atoms with E-state index in [1.165, 1.54) is 6.07 Å². The SMILES string of the molecule is O=C(CCNCCc1ccccc1F)Nc1ccc(F)c(F)c1F. The number of amides is 1. The van der Waals surface area contributed by atoms with E-state index >= 15 is 0 Å². The van der Waals surface area contributed by atoms with Crippen molar-refractivity contribution in [1.29, 1.82) is 0 Å². The molecule has 1 amide bonds. The highest BCUT2D eigenvalue weighted by Gasteiger charge is 2.14. The molecule has 0 bridgehead atoms.